The molecule has 0 aliphatic carbocycles. The summed E-state index contributed by atoms with van der Waals surface area (Å²) in [5.74, 6) is 0. The number of nitrogens with zero attached hydrogens (tertiary/aromatic N) is 1. The van der Waals surface area contributed by atoms with Crippen molar-refractivity contribution in [3.05, 3.63) is 0 Å². The zero-order valence-electron chi connectivity index (χ0n) is 9.48. The number of likely N-dealkylation sites (tertiary alicyclic amines) is 1. The number of hydrogen-bond donors (Lipinski definition) is 2. The van der Waals surface area contributed by atoms with Crippen LogP contribution in [0.4, 0.5) is 0 Å². The van der Waals surface area contributed by atoms with Gasteiger partial charge in [-0.2, -0.15) is 0 Å². The molecule has 2 aliphatic rings. The van der Waals surface area contributed by atoms with Crippen molar-refractivity contribution >= 4 is 0 Å². The first-order chi connectivity index (χ1) is 7.24. The Bertz CT molecular complexity index is 181. The van der Waals surface area contributed by atoms with Gasteiger partial charge < -0.3 is 15.2 Å². The first-order valence-corrected chi connectivity index (χ1v) is 6.00. The largest absolute Gasteiger partial charge is 0.392 e. The van der Waals surface area contributed by atoms with Gasteiger partial charge in [-0.3, -0.25) is 4.90 Å². The van der Waals surface area contributed by atoms with Crippen LogP contribution in [-0.2, 0) is 4.74 Å². The lowest BCUT2D eigenvalue weighted by Gasteiger charge is -2.36. The van der Waals surface area contributed by atoms with Crippen LogP contribution in [0.1, 0.15) is 19.8 Å². The van der Waals surface area contributed by atoms with Gasteiger partial charge in [0.05, 0.1) is 18.3 Å². The number of morpholine rings is 1. The molecule has 2 aliphatic heterocycles. The van der Waals surface area contributed by atoms with E-state index in [0.29, 0.717) is 12.2 Å². The van der Waals surface area contributed by atoms with Crippen molar-refractivity contribution in [2.45, 2.75) is 38.1 Å². The monoisotopic (exact) mass is 214 g/mol. The van der Waals surface area contributed by atoms with E-state index >= 15 is 0 Å². The fourth-order valence-corrected chi connectivity index (χ4v) is 2.46. The van der Waals surface area contributed by atoms with Crippen LogP contribution < -0.4 is 5.32 Å². The Kier molecular flexibility index (Phi) is 3.97. The van der Waals surface area contributed by atoms with E-state index in [9.17, 15) is 5.11 Å². The van der Waals surface area contributed by atoms with Crippen molar-refractivity contribution < 1.29 is 9.84 Å². The van der Waals surface area contributed by atoms with Crippen LogP contribution in [0.5, 0.6) is 0 Å². The van der Waals surface area contributed by atoms with E-state index in [4.69, 9.17) is 4.74 Å². The van der Waals surface area contributed by atoms with E-state index in [2.05, 4.69) is 17.1 Å². The van der Waals surface area contributed by atoms with Crippen LogP contribution in [0.2, 0.25) is 0 Å². The average molecular weight is 214 g/mol. The third-order valence-electron chi connectivity index (χ3n) is 3.17. The predicted molar refractivity (Wildman–Crippen MR) is 58.9 cm³/mol. The summed E-state index contributed by atoms with van der Waals surface area (Å²) in [7, 11) is 0. The number of β-amino-alcohol motifs (C(OH)–C–C–N with tert-alkyl or cyclic N) is 1. The molecule has 0 spiro atoms. The number of aliphatic hydroxyl groups is 1. The topological polar surface area (TPSA) is 44.7 Å². The van der Waals surface area contributed by atoms with E-state index in [1.54, 1.807) is 0 Å². The number of aliphatic hydroxyl groups excluding tert-OH is 1. The van der Waals surface area contributed by atoms with E-state index < -0.39 is 0 Å². The standard InChI is InChI=1S/C11H22N2O2/c1-9-5-12-6-11(15-9)8-13-4-2-3-10(14)7-13/h9-12,14H,2-8H2,1H3/t9-,10+,11+/m1/s1. The van der Waals surface area contributed by atoms with Crippen molar-refractivity contribution in [1.29, 1.82) is 0 Å². The second-order valence-corrected chi connectivity index (χ2v) is 4.78. The molecule has 2 saturated heterocycles. The summed E-state index contributed by atoms with van der Waals surface area (Å²) in [6, 6.07) is 0. The van der Waals surface area contributed by atoms with Crippen LogP contribution in [0.15, 0.2) is 0 Å². The van der Waals surface area contributed by atoms with Gasteiger partial charge in [0.1, 0.15) is 0 Å². The Hall–Kier alpha value is -0.160. The van der Waals surface area contributed by atoms with Gasteiger partial charge in [0.15, 0.2) is 0 Å². The van der Waals surface area contributed by atoms with E-state index in [1.807, 2.05) is 0 Å². The molecule has 3 atom stereocenters. The van der Waals surface area contributed by atoms with E-state index in [-0.39, 0.29) is 6.10 Å². The average Bonchev–Trinajstić information content (AvgIpc) is 2.17. The highest BCUT2D eigenvalue weighted by atomic mass is 16.5. The summed E-state index contributed by atoms with van der Waals surface area (Å²) in [5, 5.41) is 12.9. The number of nitrogens with one attached hydrogen (secondary N) is 1. The van der Waals surface area contributed by atoms with Crippen molar-refractivity contribution in [1.82, 2.24) is 10.2 Å². The first kappa shape index (κ1) is 11.3. The summed E-state index contributed by atoms with van der Waals surface area (Å²) < 4.78 is 5.84. The van der Waals surface area contributed by atoms with Gasteiger partial charge in [-0.1, -0.05) is 0 Å². The smallest absolute Gasteiger partial charge is 0.0830 e. The number of hydrogen-bond acceptors (Lipinski definition) is 4. The summed E-state index contributed by atoms with van der Waals surface area (Å²) in [6.45, 7) is 6.87. The molecule has 2 heterocycles. The van der Waals surface area contributed by atoms with Gasteiger partial charge in [0.25, 0.3) is 0 Å². The third-order valence-corrected chi connectivity index (χ3v) is 3.17. The van der Waals surface area contributed by atoms with Crippen molar-refractivity contribution in [2.75, 3.05) is 32.7 Å². The SMILES string of the molecule is C[C@@H]1CNC[C@@H](CN2CCC[C@H](O)C2)O1. The number of rotatable bonds is 2. The lowest BCUT2D eigenvalue weighted by molar-refractivity contribution is -0.0515. The van der Waals surface area contributed by atoms with Gasteiger partial charge in [-0.05, 0) is 26.3 Å². The lowest BCUT2D eigenvalue weighted by Crippen LogP contribution is -2.50. The minimum absolute atomic E-state index is 0.132. The molecule has 88 valence electrons. The number of piperidine rings is 1. The Labute approximate surface area is 91.6 Å². The minimum atomic E-state index is -0.132. The van der Waals surface area contributed by atoms with Crippen LogP contribution in [0.25, 0.3) is 0 Å². The van der Waals surface area contributed by atoms with Crippen LogP contribution in [-0.4, -0.2) is 61.0 Å². The zero-order chi connectivity index (χ0) is 10.7. The predicted octanol–water partition coefficient (Wildman–Crippen LogP) is -0.180. The van der Waals surface area contributed by atoms with Crippen molar-refractivity contribution in [3.63, 3.8) is 0 Å². The highest BCUT2D eigenvalue weighted by molar-refractivity contribution is 4.78. The quantitative estimate of drug-likeness (QED) is 0.669. The van der Waals surface area contributed by atoms with Gasteiger partial charge in [-0.25, -0.2) is 0 Å². The highest BCUT2D eigenvalue weighted by Gasteiger charge is 2.24. The molecule has 2 N–H and O–H groups in total. The van der Waals surface area contributed by atoms with Gasteiger partial charge in [-0.15, -0.1) is 0 Å². The molecule has 0 bridgehead atoms. The minimum Gasteiger partial charge on any atom is -0.392 e. The lowest BCUT2D eigenvalue weighted by atomic mass is 10.1. The maximum absolute atomic E-state index is 9.56. The van der Waals surface area contributed by atoms with E-state index in [0.717, 1.165) is 45.6 Å². The van der Waals surface area contributed by atoms with Gasteiger partial charge >= 0.3 is 0 Å². The second-order valence-electron chi connectivity index (χ2n) is 4.78. The highest BCUT2D eigenvalue weighted by Crippen LogP contribution is 2.12. The molecule has 0 amide bonds. The molecule has 2 fully saturated rings. The fraction of sp³-hybridized carbons (Fsp3) is 1.00. The summed E-state index contributed by atoms with van der Waals surface area (Å²) in [6.07, 6.45) is 2.54. The first-order valence-electron chi connectivity index (χ1n) is 6.00. The van der Waals surface area contributed by atoms with Crippen LogP contribution in [0.3, 0.4) is 0 Å². The summed E-state index contributed by atoms with van der Waals surface area (Å²) >= 11 is 0. The van der Waals surface area contributed by atoms with E-state index in [1.165, 1.54) is 0 Å². The Morgan fingerprint density at radius 1 is 1.47 bits per heavy atom. The van der Waals surface area contributed by atoms with Gasteiger partial charge in [0.2, 0.25) is 0 Å². The molecule has 0 aromatic carbocycles. The third kappa shape index (κ3) is 3.41. The molecule has 4 nitrogen and oxygen atoms in total. The Morgan fingerprint density at radius 3 is 3.07 bits per heavy atom. The fourth-order valence-electron chi connectivity index (χ4n) is 2.46. The maximum Gasteiger partial charge on any atom is 0.0830 e. The molecular formula is C11H22N2O2. The van der Waals surface area contributed by atoms with Crippen molar-refractivity contribution in [3.8, 4) is 0 Å². The molecular weight excluding hydrogens is 192 g/mol. The summed E-state index contributed by atoms with van der Waals surface area (Å²) in [5.41, 5.74) is 0. The second kappa shape index (κ2) is 5.25. The number of ether oxygens (including phenoxy) is 1. The Morgan fingerprint density at radius 2 is 2.33 bits per heavy atom. The molecule has 4 heteroatoms. The molecule has 0 unspecified atom stereocenters. The van der Waals surface area contributed by atoms with Gasteiger partial charge in [0, 0.05) is 26.2 Å². The normalized spacial score (nSPS) is 39.2. The zero-order valence-corrected chi connectivity index (χ0v) is 9.48. The maximum atomic E-state index is 9.56. The van der Waals surface area contributed by atoms with Crippen molar-refractivity contribution in [2.24, 2.45) is 0 Å². The van der Waals surface area contributed by atoms with Crippen LogP contribution >= 0.6 is 0 Å². The molecule has 0 saturated carbocycles. The molecule has 0 aromatic rings. The molecule has 15 heavy (non-hydrogen) atoms. The molecule has 0 aromatic heterocycles. The van der Waals surface area contributed by atoms with Crippen LogP contribution in [0, 0.1) is 0 Å². The summed E-state index contributed by atoms with van der Waals surface area (Å²) in [4.78, 5) is 2.32. The molecule has 2 rings (SSSR count). The molecule has 0 radical (unpaired) electrons. The Balaban J connectivity index is 1.75.